The van der Waals surface area contributed by atoms with Crippen molar-refractivity contribution >= 4 is 12.4 Å². The van der Waals surface area contributed by atoms with Crippen molar-refractivity contribution < 1.29 is 0 Å². The zero-order chi connectivity index (χ0) is 12.8. The standard InChI is InChI=1S/C16H26N2.ClH/c1-14(16-6-4-3-5-7-16)12-18(2)13-15-8-10-17-11-9-15;/h3-7,14-15,17H,8-13H2,1-2H3;1H. The van der Waals surface area contributed by atoms with Crippen molar-refractivity contribution in [1.29, 1.82) is 0 Å². The van der Waals surface area contributed by atoms with Crippen molar-refractivity contribution in [2.24, 2.45) is 5.92 Å². The lowest BCUT2D eigenvalue weighted by atomic mass is 9.96. The van der Waals surface area contributed by atoms with Crippen LogP contribution >= 0.6 is 12.4 Å². The van der Waals surface area contributed by atoms with E-state index in [0.29, 0.717) is 5.92 Å². The Hall–Kier alpha value is -0.570. The summed E-state index contributed by atoms with van der Waals surface area (Å²) < 4.78 is 0. The second-order valence-corrected chi connectivity index (χ2v) is 5.73. The van der Waals surface area contributed by atoms with Gasteiger partial charge in [0.1, 0.15) is 0 Å². The predicted octanol–water partition coefficient (Wildman–Crippen LogP) is 3.14. The maximum Gasteiger partial charge on any atom is 0.00447 e. The van der Waals surface area contributed by atoms with Gasteiger partial charge in [-0.15, -0.1) is 12.4 Å². The fourth-order valence-corrected chi connectivity index (χ4v) is 2.93. The first-order valence-corrected chi connectivity index (χ1v) is 7.20. The molecule has 1 heterocycles. The molecule has 0 spiro atoms. The van der Waals surface area contributed by atoms with Gasteiger partial charge in [0.15, 0.2) is 0 Å². The third-order valence-corrected chi connectivity index (χ3v) is 3.98. The highest BCUT2D eigenvalue weighted by atomic mass is 35.5. The number of likely N-dealkylation sites (N-methyl/N-ethyl adjacent to an activating group) is 1. The molecule has 1 atom stereocenters. The third kappa shape index (κ3) is 5.52. The van der Waals surface area contributed by atoms with Crippen molar-refractivity contribution in [2.75, 3.05) is 33.2 Å². The summed E-state index contributed by atoms with van der Waals surface area (Å²) in [6.45, 7) is 7.14. The van der Waals surface area contributed by atoms with E-state index < -0.39 is 0 Å². The van der Waals surface area contributed by atoms with Crippen LogP contribution in [0.4, 0.5) is 0 Å². The predicted molar refractivity (Wildman–Crippen MR) is 85.2 cm³/mol. The molecule has 0 saturated carbocycles. The summed E-state index contributed by atoms with van der Waals surface area (Å²) in [7, 11) is 2.27. The van der Waals surface area contributed by atoms with E-state index in [1.165, 1.54) is 38.0 Å². The van der Waals surface area contributed by atoms with Crippen LogP contribution in [0.3, 0.4) is 0 Å². The summed E-state index contributed by atoms with van der Waals surface area (Å²) >= 11 is 0. The van der Waals surface area contributed by atoms with Gasteiger partial charge in [0.25, 0.3) is 0 Å². The first-order valence-electron chi connectivity index (χ1n) is 7.20. The van der Waals surface area contributed by atoms with Crippen molar-refractivity contribution in [3.8, 4) is 0 Å². The molecule has 1 aliphatic rings. The third-order valence-electron chi connectivity index (χ3n) is 3.98. The van der Waals surface area contributed by atoms with Gasteiger partial charge in [-0.1, -0.05) is 37.3 Å². The minimum atomic E-state index is 0. The maximum atomic E-state index is 3.44. The van der Waals surface area contributed by atoms with Crippen molar-refractivity contribution in [1.82, 2.24) is 10.2 Å². The summed E-state index contributed by atoms with van der Waals surface area (Å²) in [5, 5.41) is 3.44. The largest absolute Gasteiger partial charge is 0.317 e. The Morgan fingerprint density at radius 3 is 2.47 bits per heavy atom. The van der Waals surface area contributed by atoms with E-state index in [9.17, 15) is 0 Å². The van der Waals surface area contributed by atoms with Crippen LogP contribution in [0.2, 0.25) is 0 Å². The molecule has 0 aromatic heterocycles. The summed E-state index contributed by atoms with van der Waals surface area (Å²) in [6.07, 6.45) is 2.67. The van der Waals surface area contributed by atoms with E-state index in [4.69, 9.17) is 0 Å². The molecule has 0 aliphatic carbocycles. The average molecular weight is 283 g/mol. The quantitative estimate of drug-likeness (QED) is 0.893. The zero-order valence-corrected chi connectivity index (χ0v) is 13.0. The molecule has 1 aromatic carbocycles. The Morgan fingerprint density at radius 2 is 1.84 bits per heavy atom. The highest BCUT2D eigenvalue weighted by molar-refractivity contribution is 5.85. The molecule has 0 amide bonds. The second kappa shape index (κ2) is 8.57. The van der Waals surface area contributed by atoms with Crippen molar-refractivity contribution in [3.05, 3.63) is 35.9 Å². The number of hydrogen-bond donors (Lipinski definition) is 1. The Balaban J connectivity index is 0.00000180. The summed E-state index contributed by atoms with van der Waals surface area (Å²) in [5.41, 5.74) is 1.45. The molecular formula is C16H27ClN2. The van der Waals surface area contributed by atoms with Gasteiger partial charge in [-0.25, -0.2) is 0 Å². The first kappa shape index (κ1) is 16.5. The van der Waals surface area contributed by atoms with Crippen LogP contribution in [-0.2, 0) is 0 Å². The van der Waals surface area contributed by atoms with Crippen LogP contribution in [0, 0.1) is 5.92 Å². The lowest BCUT2D eigenvalue weighted by Crippen LogP contribution is -2.35. The van der Waals surface area contributed by atoms with E-state index in [2.05, 4.69) is 54.5 Å². The first-order chi connectivity index (χ1) is 8.75. The molecule has 2 rings (SSSR count). The van der Waals surface area contributed by atoms with Crippen LogP contribution in [0.25, 0.3) is 0 Å². The van der Waals surface area contributed by atoms with Gasteiger partial charge in [0, 0.05) is 13.1 Å². The monoisotopic (exact) mass is 282 g/mol. The van der Waals surface area contributed by atoms with E-state index in [1.807, 2.05) is 0 Å². The molecule has 1 saturated heterocycles. The lowest BCUT2D eigenvalue weighted by Gasteiger charge is -2.29. The molecule has 108 valence electrons. The van der Waals surface area contributed by atoms with Gasteiger partial charge < -0.3 is 10.2 Å². The maximum absolute atomic E-state index is 3.44. The summed E-state index contributed by atoms with van der Waals surface area (Å²) in [4.78, 5) is 2.51. The number of rotatable bonds is 5. The zero-order valence-electron chi connectivity index (χ0n) is 12.1. The smallest absolute Gasteiger partial charge is 0.00447 e. The number of hydrogen-bond acceptors (Lipinski definition) is 2. The highest BCUT2D eigenvalue weighted by Gasteiger charge is 2.16. The van der Waals surface area contributed by atoms with Gasteiger partial charge in [0.05, 0.1) is 0 Å². The van der Waals surface area contributed by atoms with Gasteiger partial charge >= 0.3 is 0 Å². The van der Waals surface area contributed by atoms with Crippen LogP contribution in [0.5, 0.6) is 0 Å². The highest BCUT2D eigenvalue weighted by Crippen LogP contribution is 2.18. The minimum absolute atomic E-state index is 0. The Morgan fingerprint density at radius 1 is 1.21 bits per heavy atom. The summed E-state index contributed by atoms with van der Waals surface area (Å²) in [6, 6.07) is 10.8. The van der Waals surface area contributed by atoms with Crippen LogP contribution in [0.15, 0.2) is 30.3 Å². The van der Waals surface area contributed by atoms with Gasteiger partial charge in [-0.2, -0.15) is 0 Å². The molecule has 0 bridgehead atoms. The Labute approximate surface area is 124 Å². The fraction of sp³-hybridized carbons (Fsp3) is 0.625. The van der Waals surface area contributed by atoms with Crippen LogP contribution in [-0.4, -0.2) is 38.1 Å². The van der Waals surface area contributed by atoms with E-state index >= 15 is 0 Å². The number of piperidine rings is 1. The molecule has 1 aliphatic heterocycles. The SMILES string of the molecule is CC(CN(C)CC1CCNCC1)c1ccccc1.Cl. The Bertz CT molecular complexity index is 336. The lowest BCUT2D eigenvalue weighted by molar-refractivity contribution is 0.232. The molecule has 0 radical (unpaired) electrons. The average Bonchev–Trinajstić information content (AvgIpc) is 2.40. The molecule has 1 unspecified atom stereocenters. The van der Waals surface area contributed by atoms with Crippen LogP contribution in [0.1, 0.15) is 31.2 Å². The fourth-order valence-electron chi connectivity index (χ4n) is 2.93. The van der Waals surface area contributed by atoms with Crippen molar-refractivity contribution in [2.45, 2.75) is 25.7 Å². The molecule has 1 N–H and O–H groups in total. The number of nitrogens with one attached hydrogen (secondary N) is 1. The molecular weight excluding hydrogens is 256 g/mol. The normalized spacial score (nSPS) is 18.1. The minimum Gasteiger partial charge on any atom is -0.317 e. The molecule has 3 heteroatoms. The molecule has 1 aromatic rings. The molecule has 19 heavy (non-hydrogen) atoms. The molecule has 2 nitrogen and oxygen atoms in total. The molecule has 1 fully saturated rings. The number of halogens is 1. The topological polar surface area (TPSA) is 15.3 Å². The van der Waals surface area contributed by atoms with E-state index in [-0.39, 0.29) is 12.4 Å². The van der Waals surface area contributed by atoms with Gasteiger partial charge in [0.2, 0.25) is 0 Å². The van der Waals surface area contributed by atoms with Gasteiger partial charge in [-0.05, 0) is 50.4 Å². The number of benzene rings is 1. The van der Waals surface area contributed by atoms with Crippen LogP contribution < -0.4 is 5.32 Å². The second-order valence-electron chi connectivity index (χ2n) is 5.73. The van der Waals surface area contributed by atoms with Gasteiger partial charge in [-0.3, -0.25) is 0 Å². The van der Waals surface area contributed by atoms with E-state index in [0.717, 1.165) is 12.5 Å². The van der Waals surface area contributed by atoms with E-state index in [1.54, 1.807) is 0 Å². The number of nitrogens with zero attached hydrogens (tertiary/aromatic N) is 1. The van der Waals surface area contributed by atoms with Crippen molar-refractivity contribution in [3.63, 3.8) is 0 Å². The Kier molecular flexibility index (Phi) is 7.44. The summed E-state index contributed by atoms with van der Waals surface area (Å²) in [5.74, 6) is 1.51.